The third kappa shape index (κ3) is 2.78. The van der Waals surface area contributed by atoms with Gasteiger partial charge in [0.25, 0.3) is 0 Å². The number of halogens is 1. The Balaban J connectivity index is 1.80. The average Bonchev–Trinajstić information content (AvgIpc) is 3.28. The van der Waals surface area contributed by atoms with Crippen LogP contribution in [0.2, 0.25) is 0 Å². The lowest BCUT2D eigenvalue weighted by Gasteiger charge is -2.10. The molecule has 0 atom stereocenters. The number of pyridine rings is 1. The van der Waals surface area contributed by atoms with E-state index in [4.69, 9.17) is 14.5 Å². The first-order chi connectivity index (χ1) is 12.7. The number of nitrogens with zero attached hydrogens (tertiary/aromatic N) is 4. The molecule has 8 nitrogen and oxygen atoms in total. The van der Waals surface area contributed by atoms with E-state index in [1.165, 1.54) is 0 Å². The summed E-state index contributed by atoms with van der Waals surface area (Å²) in [5.41, 5.74) is 2.44. The number of nitrogens with one attached hydrogen (secondary N) is 2. The number of aromatic amines is 1. The van der Waals surface area contributed by atoms with Crippen LogP contribution >= 0.6 is 15.9 Å². The van der Waals surface area contributed by atoms with Crippen LogP contribution in [0.3, 0.4) is 0 Å². The van der Waals surface area contributed by atoms with Crippen molar-refractivity contribution in [1.82, 2.24) is 25.0 Å². The van der Waals surface area contributed by atoms with Crippen molar-refractivity contribution in [2.24, 2.45) is 0 Å². The van der Waals surface area contributed by atoms with E-state index in [1.54, 1.807) is 26.6 Å². The van der Waals surface area contributed by atoms with Crippen LogP contribution in [-0.4, -0.2) is 45.8 Å². The molecule has 1 aromatic carbocycles. The fourth-order valence-electron chi connectivity index (χ4n) is 2.89. The number of ether oxygens (including phenoxy) is 2. The van der Waals surface area contributed by atoms with E-state index in [2.05, 4.69) is 36.5 Å². The lowest BCUT2D eigenvalue weighted by Crippen LogP contribution is -2.06. The SMILES string of the molecule is COCCn1ncc(Nc2nc3cccc(OC)c3c3cn[nH]c23)c1Br. The molecule has 9 heteroatoms. The zero-order chi connectivity index (χ0) is 18.1. The van der Waals surface area contributed by atoms with Crippen LogP contribution in [0.15, 0.2) is 35.2 Å². The predicted octanol–water partition coefficient (Wildman–Crippen LogP) is 3.47. The molecule has 3 heterocycles. The number of methoxy groups -OCH3 is 2. The molecule has 0 aliphatic carbocycles. The molecule has 0 unspecified atom stereocenters. The standard InChI is InChI=1S/C17H17BrN6O2/c1-25-7-6-24-16(18)12(9-20-24)22-17-15-10(8-19-23-15)14-11(21-17)4-3-5-13(14)26-2/h3-5,8-9H,6-7H2,1-2H3,(H,19,23)(H,21,22). The van der Waals surface area contributed by atoms with Gasteiger partial charge in [0.15, 0.2) is 5.82 Å². The first kappa shape index (κ1) is 16.8. The molecular formula is C17H17BrN6O2. The van der Waals surface area contributed by atoms with E-state index in [1.807, 2.05) is 22.9 Å². The van der Waals surface area contributed by atoms with Gasteiger partial charge in [0.2, 0.25) is 0 Å². The van der Waals surface area contributed by atoms with Crippen molar-refractivity contribution in [3.8, 4) is 5.75 Å². The van der Waals surface area contributed by atoms with Gasteiger partial charge in [-0.3, -0.25) is 9.78 Å². The highest BCUT2D eigenvalue weighted by Crippen LogP contribution is 2.35. The molecule has 4 rings (SSSR count). The number of benzene rings is 1. The van der Waals surface area contributed by atoms with Gasteiger partial charge >= 0.3 is 0 Å². The molecule has 4 aromatic rings. The van der Waals surface area contributed by atoms with Crippen LogP contribution in [0.25, 0.3) is 21.8 Å². The minimum atomic E-state index is 0.582. The maximum Gasteiger partial charge on any atom is 0.157 e. The third-order valence-corrected chi connectivity index (χ3v) is 4.97. The summed E-state index contributed by atoms with van der Waals surface area (Å²) < 4.78 is 13.2. The van der Waals surface area contributed by atoms with Crippen LogP contribution in [-0.2, 0) is 11.3 Å². The van der Waals surface area contributed by atoms with Crippen LogP contribution < -0.4 is 10.1 Å². The van der Waals surface area contributed by atoms with Crippen molar-refractivity contribution in [2.45, 2.75) is 6.54 Å². The zero-order valence-corrected chi connectivity index (χ0v) is 15.9. The van der Waals surface area contributed by atoms with Gasteiger partial charge in [0.05, 0.1) is 49.2 Å². The summed E-state index contributed by atoms with van der Waals surface area (Å²) >= 11 is 3.58. The lowest BCUT2D eigenvalue weighted by atomic mass is 10.1. The smallest absolute Gasteiger partial charge is 0.157 e. The number of H-pyrrole nitrogens is 1. The van der Waals surface area contributed by atoms with Crippen molar-refractivity contribution in [2.75, 3.05) is 26.1 Å². The summed E-state index contributed by atoms with van der Waals surface area (Å²) in [6, 6.07) is 5.79. The number of rotatable bonds is 6. The summed E-state index contributed by atoms with van der Waals surface area (Å²) in [4.78, 5) is 4.75. The summed E-state index contributed by atoms with van der Waals surface area (Å²) in [7, 11) is 3.32. The van der Waals surface area contributed by atoms with E-state index >= 15 is 0 Å². The van der Waals surface area contributed by atoms with E-state index in [9.17, 15) is 0 Å². The van der Waals surface area contributed by atoms with Crippen molar-refractivity contribution in [1.29, 1.82) is 0 Å². The van der Waals surface area contributed by atoms with Crippen molar-refractivity contribution in [3.63, 3.8) is 0 Å². The Bertz CT molecular complexity index is 1070. The summed E-state index contributed by atoms with van der Waals surface area (Å²) in [5, 5.41) is 16.8. The molecule has 0 saturated carbocycles. The highest BCUT2D eigenvalue weighted by molar-refractivity contribution is 9.10. The molecule has 2 N–H and O–H groups in total. The fraction of sp³-hybridized carbons (Fsp3) is 0.235. The molecular weight excluding hydrogens is 400 g/mol. The molecule has 0 bridgehead atoms. The number of anilines is 2. The zero-order valence-electron chi connectivity index (χ0n) is 14.3. The molecule has 26 heavy (non-hydrogen) atoms. The van der Waals surface area contributed by atoms with Crippen LogP contribution in [0.1, 0.15) is 0 Å². The van der Waals surface area contributed by atoms with Crippen LogP contribution in [0.4, 0.5) is 11.5 Å². The monoisotopic (exact) mass is 416 g/mol. The molecule has 0 amide bonds. The Hall–Kier alpha value is -2.65. The van der Waals surface area contributed by atoms with Crippen molar-refractivity contribution < 1.29 is 9.47 Å². The maximum atomic E-state index is 5.49. The molecule has 3 aromatic heterocycles. The minimum absolute atomic E-state index is 0.582. The maximum absolute atomic E-state index is 5.49. The van der Waals surface area contributed by atoms with Gasteiger partial charge in [-0.1, -0.05) is 6.07 Å². The fourth-order valence-corrected chi connectivity index (χ4v) is 3.36. The molecule has 134 valence electrons. The molecule has 0 fully saturated rings. The number of hydrogen-bond acceptors (Lipinski definition) is 6. The Labute approximate surface area is 157 Å². The predicted molar refractivity (Wildman–Crippen MR) is 103 cm³/mol. The second-order valence-electron chi connectivity index (χ2n) is 5.66. The van der Waals surface area contributed by atoms with Gasteiger partial charge in [-0.2, -0.15) is 10.2 Å². The largest absolute Gasteiger partial charge is 0.496 e. The quantitative estimate of drug-likeness (QED) is 0.500. The summed E-state index contributed by atoms with van der Waals surface area (Å²) in [5.74, 6) is 1.44. The Morgan fingerprint density at radius 1 is 1.27 bits per heavy atom. The number of hydrogen-bond donors (Lipinski definition) is 2. The molecule has 0 aliphatic heterocycles. The van der Waals surface area contributed by atoms with Crippen molar-refractivity contribution >= 4 is 49.2 Å². The topological polar surface area (TPSA) is 89.9 Å². The summed E-state index contributed by atoms with van der Waals surface area (Å²) in [6.07, 6.45) is 3.53. The van der Waals surface area contributed by atoms with E-state index in [0.717, 1.165) is 37.8 Å². The highest BCUT2D eigenvalue weighted by Gasteiger charge is 2.16. The Morgan fingerprint density at radius 3 is 2.96 bits per heavy atom. The first-order valence-electron chi connectivity index (χ1n) is 8.00. The average molecular weight is 417 g/mol. The first-order valence-corrected chi connectivity index (χ1v) is 8.79. The van der Waals surface area contributed by atoms with Gasteiger partial charge in [-0.15, -0.1) is 0 Å². The second-order valence-corrected chi connectivity index (χ2v) is 6.41. The second kappa shape index (κ2) is 6.93. The van der Waals surface area contributed by atoms with Crippen LogP contribution in [0.5, 0.6) is 5.75 Å². The van der Waals surface area contributed by atoms with Gasteiger partial charge < -0.3 is 14.8 Å². The van der Waals surface area contributed by atoms with Gasteiger partial charge in [-0.25, -0.2) is 4.98 Å². The van der Waals surface area contributed by atoms with Gasteiger partial charge in [0.1, 0.15) is 15.9 Å². The summed E-state index contributed by atoms with van der Waals surface area (Å²) in [6.45, 7) is 1.24. The normalized spacial score (nSPS) is 11.3. The van der Waals surface area contributed by atoms with E-state index < -0.39 is 0 Å². The molecule has 0 radical (unpaired) electrons. The van der Waals surface area contributed by atoms with E-state index in [-0.39, 0.29) is 0 Å². The molecule has 0 aliphatic rings. The number of aromatic nitrogens is 5. The van der Waals surface area contributed by atoms with Crippen LogP contribution in [0, 0.1) is 0 Å². The molecule has 0 saturated heterocycles. The van der Waals surface area contributed by atoms with Gasteiger partial charge in [-0.05, 0) is 28.1 Å². The lowest BCUT2D eigenvalue weighted by molar-refractivity contribution is 0.183. The Kier molecular flexibility index (Phi) is 4.48. The number of fused-ring (bicyclic) bond motifs is 3. The van der Waals surface area contributed by atoms with Gasteiger partial charge in [0, 0.05) is 12.5 Å². The highest BCUT2D eigenvalue weighted by atomic mass is 79.9. The Morgan fingerprint density at radius 2 is 2.15 bits per heavy atom. The van der Waals surface area contributed by atoms with E-state index in [0.29, 0.717) is 19.0 Å². The minimum Gasteiger partial charge on any atom is -0.496 e. The van der Waals surface area contributed by atoms with Crippen molar-refractivity contribution in [3.05, 3.63) is 35.2 Å². The third-order valence-electron chi connectivity index (χ3n) is 4.14. The molecule has 0 spiro atoms.